The average molecular weight is 249 g/mol. The summed E-state index contributed by atoms with van der Waals surface area (Å²) in [5.41, 5.74) is 2.31. The normalized spacial score (nSPS) is 11.0. The molecule has 6 heteroatoms. The van der Waals surface area contributed by atoms with Crippen molar-refractivity contribution < 1.29 is 5.11 Å². The molecule has 98 valence electrons. The molecule has 2 rings (SSSR count). The third-order valence-corrected chi connectivity index (χ3v) is 2.62. The molecule has 0 aliphatic carbocycles. The van der Waals surface area contributed by atoms with Gasteiger partial charge < -0.3 is 10.4 Å². The molecule has 2 aromatic heterocycles. The van der Waals surface area contributed by atoms with Gasteiger partial charge in [0, 0.05) is 31.0 Å². The molecule has 2 aromatic rings. The van der Waals surface area contributed by atoms with E-state index >= 15 is 0 Å². The molecular formula is C12H19N5O. The van der Waals surface area contributed by atoms with E-state index in [1.807, 2.05) is 36.4 Å². The van der Waals surface area contributed by atoms with Crippen LogP contribution in [0.1, 0.15) is 11.1 Å². The van der Waals surface area contributed by atoms with Crippen LogP contribution in [-0.4, -0.2) is 37.8 Å². The molecule has 0 saturated heterocycles. The Bertz CT molecular complexity index is 476. The summed E-state index contributed by atoms with van der Waals surface area (Å²) in [6.07, 6.45) is 7.65. The smallest absolute Gasteiger partial charge is 0.0640 e. The fourth-order valence-corrected chi connectivity index (χ4v) is 1.74. The predicted molar refractivity (Wildman–Crippen MR) is 68.0 cm³/mol. The van der Waals surface area contributed by atoms with Gasteiger partial charge in [-0.05, 0) is 12.5 Å². The Morgan fingerprint density at radius 2 is 1.94 bits per heavy atom. The van der Waals surface area contributed by atoms with Crippen LogP contribution in [-0.2, 0) is 19.6 Å². The number of aliphatic hydroxyl groups excluding tert-OH is 1. The first-order chi connectivity index (χ1) is 8.78. The van der Waals surface area contributed by atoms with Crippen molar-refractivity contribution in [2.24, 2.45) is 0 Å². The highest BCUT2D eigenvalue weighted by atomic mass is 16.3. The third kappa shape index (κ3) is 3.68. The number of aliphatic hydroxyl groups is 1. The minimum absolute atomic E-state index is 0.118. The average Bonchev–Trinajstić information content (AvgIpc) is 2.95. The first kappa shape index (κ1) is 12.8. The molecule has 0 fully saturated rings. The molecule has 0 atom stereocenters. The summed E-state index contributed by atoms with van der Waals surface area (Å²) in [7, 11) is 0. The molecule has 2 heterocycles. The molecule has 0 spiro atoms. The van der Waals surface area contributed by atoms with E-state index in [0.29, 0.717) is 6.54 Å². The second-order valence-corrected chi connectivity index (χ2v) is 4.29. The van der Waals surface area contributed by atoms with Gasteiger partial charge in [-0.1, -0.05) is 0 Å². The van der Waals surface area contributed by atoms with Crippen LogP contribution in [0.2, 0.25) is 0 Å². The van der Waals surface area contributed by atoms with Crippen molar-refractivity contribution in [3.63, 3.8) is 0 Å². The van der Waals surface area contributed by atoms with Crippen LogP contribution in [0.5, 0.6) is 0 Å². The number of aromatic nitrogens is 4. The van der Waals surface area contributed by atoms with Gasteiger partial charge in [0.05, 0.1) is 32.1 Å². The van der Waals surface area contributed by atoms with Gasteiger partial charge in [0.25, 0.3) is 0 Å². The van der Waals surface area contributed by atoms with Crippen molar-refractivity contribution in [2.75, 3.05) is 13.2 Å². The number of rotatable bonds is 7. The second kappa shape index (κ2) is 6.32. The maximum absolute atomic E-state index is 8.78. The van der Waals surface area contributed by atoms with Crippen molar-refractivity contribution in [1.29, 1.82) is 0 Å². The lowest BCUT2D eigenvalue weighted by Crippen LogP contribution is -2.19. The maximum atomic E-state index is 8.78. The van der Waals surface area contributed by atoms with Gasteiger partial charge in [-0.3, -0.25) is 9.36 Å². The molecule has 18 heavy (non-hydrogen) atoms. The number of nitrogens with zero attached hydrogens (tertiary/aromatic N) is 4. The van der Waals surface area contributed by atoms with Gasteiger partial charge in [0.1, 0.15) is 0 Å². The van der Waals surface area contributed by atoms with Crippen molar-refractivity contribution >= 4 is 0 Å². The Kier molecular flexibility index (Phi) is 4.49. The highest BCUT2D eigenvalue weighted by Crippen LogP contribution is 1.97. The van der Waals surface area contributed by atoms with Gasteiger partial charge >= 0.3 is 0 Å². The highest BCUT2D eigenvalue weighted by Gasteiger charge is 1.98. The van der Waals surface area contributed by atoms with Crippen LogP contribution in [0.15, 0.2) is 24.8 Å². The van der Waals surface area contributed by atoms with Gasteiger partial charge in [-0.2, -0.15) is 10.2 Å². The van der Waals surface area contributed by atoms with Crippen molar-refractivity contribution in [1.82, 2.24) is 24.9 Å². The zero-order valence-electron chi connectivity index (χ0n) is 10.6. The number of hydrogen-bond acceptors (Lipinski definition) is 4. The second-order valence-electron chi connectivity index (χ2n) is 4.29. The van der Waals surface area contributed by atoms with E-state index in [9.17, 15) is 0 Å². The summed E-state index contributed by atoms with van der Waals surface area (Å²) < 4.78 is 3.67. The molecule has 0 aliphatic heterocycles. The quantitative estimate of drug-likeness (QED) is 0.686. The van der Waals surface area contributed by atoms with Gasteiger partial charge in [-0.15, -0.1) is 0 Å². The fraction of sp³-hybridized carbons (Fsp3) is 0.500. The van der Waals surface area contributed by atoms with E-state index in [1.54, 1.807) is 4.68 Å². The molecule has 0 unspecified atom stereocenters. The van der Waals surface area contributed by atoms with Gasteiger partial charge in [0.2, 0.25) is 0 Å². The standard InChI is InChI=1S/C12H19N5O/c1-11-6-14-16(9-11)3-2-13-7-12-8-15-17(10-12)4-5-18/h6,8-10,13,18H,2-5,7H2,1H3. The lowest BCUT2D eigenvalue weighted by Gasteiger charge is -2.03. The minimum Gasteiger partial charge on any atom is -0.394 e. The summed E-state index contributed by atoms with van der Waals surface area (Å²) in [4.78, 5) is 0. The molecule has 0 amide bonds. The Morgan fingerprint density at radius 1 is 1.17 bits per heavy atom. The van der Waals surface area contributed by atoms with E-state index < -0.39 is 0 Å². The Balaban J connectivity index is 1.68. The van der Waals surface area contributed by atoms with Crippen molar-refractivity contribution in [3.8, 4) is 0 Å². The Morgan fingerprint density at radius 3 is 2.67 bits per heavy atom. The van der Waals surface area contributed by atoms with Crippen LogP contribution in [0.3, 0.4) is 0 Å². The largest absolute Gasteiger partial charge is 0.394 e. The first-order valence-electron chi connectivity index (χ1n) is 6.10. The summed E-state index contributed by atoms with van der Waals surface area (Å²) in [6.45, 7) is 5.21. The van der Waals surface area contributed by atoms with Crippen LogP contribution in [0.4, 0.5) is 0 Å². The van der Waals surface area contributed by atoms with Crippen molar-refractivity contribution in [2.45, 2.75) is 26.6 Å². The summed E-state index contributed by atoms with van der Waals surface area (Å²) in [5, 5.41) is 20.5. The van der Waals surface area contributed by atoms with Crippen LogP contribution >= 0.6 is 0 Å². The maximum Gasteiger partial charge on any atom is 0.0640 e. The molecule has 2 N–H and O–H groups in total. The van der Waals surface area contributed by atoms with Crippen LogP contribution in [0, 0.1) is 6.92 Å². The molecule has 0 radical (unpaired) electrons. The molecule has 0 saturated carbocycles. The molecule has 0 aliphatic rings. The third-order valence-electron chi connectivity index (χ3n) is 2.62. The predicted octanol–water partition coefficient (Wildman–Crippen LogP) is 0.170. The molecular weight excluding hydrogens is 230 g/mol. The SMILES string of the molecule is Cc1cnn(CCNCc2cnn(CCO)c2)c1. The molecule has 0 aromatic carbocycles. The topological polar surface area (TPSA) is 67.9 Å². The van der Waals surface area contributed by atoms with Gasteiger partial charge in [-0.25, -0.2) is 0 Å². The number of aryl methyl sites for hydroxylation is 1. The van der Waals surface area contributed by atoms with Gasteiger partial charge in [0.15, 0.2) is 0 Å². The van der Waals surface area contributed by atoms with E-state index in [2.05, 4.69) is 15.5 Å². The first-order valence-corrected chi connectivity index (χ1v) is 6.10. The summed E-state index contributed by atoms with van der Waals surface area (Å²) in [5.74, 6) is 0. The zero-order valence-corrected chi connectivity index (χ0v) is 10.6. The lowest BCUT2D eigenvalue weighted by molar-refractivity contribution is 0.269. The molecule has 0 bridgehead atoms. The minimum atomic E-state index is 0.118. The summed E-state index contributed by atoms with van der Waals surface area (Å²) >= 11 is 0. The zero-order chi connectivity index (χ0) is 12.8. The number of nitrogens with one attached hydrogen (secondary N) is 1. The van der Waals surface area contributed by atoms with E-state index in [-0.39, 0.29) is 6.61 Å². The van der Waals surface area contributed by atoms with E-state index in [0.717, 1.165) is 25.2 Å². The van der Waals surface area contributed by atoms with E-state index in [1.165, 1.54) is 5.56 Å². The Labute approximate surface area is 106 Å². The Hall–Kier alpha value is -1.66. The molecule has 6 nitrogen and oxygen atoms in total. The summed E-state index contributed by atoms with van der Waals surface area (Å²) in [6, 6.07) is 0. The fourth-order valence-electron chi connectivity index (χ4n) is 1.74. The lowest BCUT2D eigenvalue weighted by atomic mass is 10.3. The van der Waals surface area contributed by atoms with Crippen LogP contribution < -0.4 is 5.32 Å². The highest BCUT2D eigenvalue weighted by molar-refractivity contribution is 5.03. The van der Waals surface area contributed by atoms with Crippen LogP contribution in [0.25, 0.3) is 0 Å². The number of hydrogen-bond donors (Lipinski definition) is 2. The van der Waals surface area contributed by atoms with Crippen molar-refractivity contribution in [3.05, 3.63) is 35.9 Å². The van der Waals surface area contributed by atoms with E-state index in [4.69, 9.17) is 5.11 Å². The monoisotopic (exact) mass is 249 g/mol.